The van der Waals surface area contributed by atoms with E-state index < -0.39 is 17.7 Å². The number of hydrogen-bond donors (Lipinski definition) is 2. The van der Waals surface area contributed by atoms with Gasteiger partial charge in [-0.2, -0.15) is 18.3 Å². The fraction of sp³-hybridized carbons (Fsp3) is 0.276. The molecule has 0 saturated heterocycles. The van der Waals surface area contributed by atoms with E-state index in [1.54, 1.807) is 24.4 Å². The molecule has 1 heterocycles. The van der Waals surface area contributed by atoms with Crippen molar-refractivity contribution >= 4 is 34.4 Å². The van der Waals surface area contributed by atoms with Gasteiger partial charge in [0.2, 0.25) is 0 Å². The highest BCUT2D eigenvalue weighted by molar-refractivity contribution is 6.38. The average molecular weight is 558 g/mol. The van der Waals surface area contributed by atoms with Crippen LogP contribution in [0.2, 0.25) is 5.02 Å². The molecular formula is C29H27ClF3N3O3. The van der Waals surface area contributed by atoms with Crippen LogP contribution in [-0.4, -0.2) is 33.3 Å². The van der Waals surface area contributed by atoms with Crippen LogP contribution >= 0.6 is 11.6 Å². The van der Waals surface area contributed by atoms with E-state index in [0.29, 0.717) is 33.0 Å². The number of nitrogens with one attached hydrogen (secondary N) is 1. The number of alkyl halides is 3. The molecule has 0 aliphatic rings. The van der Waals surface area contributed by atoms with Gasteiger partial charge in [0, 0.05) is 23.1 Å². The normalized spacial score (nSPS) is 12.6. The number of halogens is 4. The van der Waals surface area contributed by atoms with Gasteiger partial charge in [0.25, 0.3) is 5.91 Å². The van der Waals surface area contributed by atoms with E-state index in [-0.39, 0.29) is 24.9 Å². The molecule has 3 aromatic carbocycles. The predicted molar refractivity (Wildman–Crippen MR) is 144 cm³/mol. The lowest BCUT2D eigenvalue weighted by Crippen LogP contribution is -2.26. The van der Waals surface area contributed by atoms with Crippen LogP contribution in [0.3, 0.4) is 0 Å². The first-order valence-electron chi connectivity index (χ1n) is 12.4. The van der Waals surface area contributed by atoms with Gasteiger partial charge in [0.05, 0.1) is 34.8 Å². The molecule has 0 radical (unpaired) electrons. The van der Waals surface area contributed by atoms with Crippen molar-refractivity contribution in [3.05, 3.63) is 88.6 Å². The van der Waals surface area contributed by atoms with Crippen LogP contribution < -0.4 is 5.32 Å². The molecule has 0 saturated carbocycles. The third kappa shape index (κ3) is 6.42. The number of carbonyl (C=O) groups excluding carboxylic acids is 1. The fourth-order valence-electron chi connectivity index (χ4n) is 4.46. The SMILES string of the molecule is CC(C)CC(c1ccc(C(=O)NCCC(=O)O)cc1)n1ncc2c(Cl)c(-c3ccc(C(F)(F)F)cc3)ccc21. The second-order valence-corrected chi connectivity index (χ2v) is 10.1. The molecule has 204 valence electrons. The molecular weight excluding hydrogens is 531 g/mol. The zero-order valence-electron chi connectivity index (χ0n) is 21.3. The van der Waals surface area contributed by atoms with Crippen LogP contribution in [0.15, 0.2) is 66.9 Å². The Morgan fingerprint density at radius 3 is 2.28 bits per heavy atom. The van der Waals surface area contributed by atoms with Crippen LogP contribution in [-0.2, 0) is 11.0 Å². The third-order valence-electron chi connectivity index (χ3n) is 6.41. The first-order valence-corrected chi connectivity index (χ1v) is 12.8. The molecule has 1 aromatic heterocycles. The summed E-state index contributed by atoms with van der Waals surface area (Å²) in [7, 11) is 0. The van der Waals surface area contributed by atoms with Crippen LogP contribution in [0, 0.1) is 5.92 Å². The quantitative estimate of drug-likeness (QED) is 0.228. The lowest BCUT2D eigenvalue weighted by Gasteiger charge is -2.22. The highest BCUT2D eigenvalue weighted by Gasteiger charge is 2.30. The molecule has 0 bridgehead atoms. The molecule has 0 aliphatic heterocycles. The largest absolute Gasteiger partial charge is 0.481 e. The Labute approximate surface area is 228 Å². The summed E-state index contributed by atoms with van der Waals surface area (Å²) in [5, 5.41) is 17.1. The van der Waals surface area contributed by atoms with E-state index in [1.165, 1.54) is 12.1 Å². The number of benzene rings is 3. The van der Waals surface area contributed by atoms with E-state index in [2.05, 4.69) is 24.3 Å². The van der Waals surface area contributed by atoms with Gasteiger partial charge >= 0.3 is 12.1 Å². The Morgan fingerprint density at radius 2 is 1.69 bits per heavy atom. The van der Waals surface area contributed by atoms with E-state index in [0.717, 1.165) is 29.6 Å². The van der Waals surface area contributed by atoms with Gasteiger partial charge < -0.3 is 10.4 Å². The Balaban J connectivity index is 1.64. The summed E-state index contributed by atoms with van der Waals surface area (Å²) >= 11 is 6.74. The molecule has 10 heteroatoms. The number of fused-ring (bicyclic) bond motifs is 1. The number of nitrogens with zero attached hydrogens (tertiary/aromatic N) is 2. The summed E-state index contributed by atoms with van der Waals surface area (Å²) in [5.41, 5.74) is 2.57. The number of hydrogen-bond acceptors (Lipinski definition) is 3. The van der Waals surface area contributed by atoms with Crippen LogP contribution in [0.1, 0.15) is 54.2 Å². The maximum atomic E-state index is 13.0. The van der Waals surface area contributed by atoms with Crippen molar-refractivity contribution in [3.63, 3.8) is 0 Å². The summed E-state index contributed by atoms with van der Waals surface area (Å²) in [5.74, 6) is -1.02. The number of amides is 1. The Kier molecular flexibility index (Phi) is 8.30. The highest BCUT2D eigenvalue weighted by atomic mass is 35.5. The molecule has 4 aromatic rings. The number of aromatic nitrogens is 2. The van der Waals surface area contributed by atoms with Crippen LogP contribution in [0.5, 0.6) is 0 Å². The number of carbonyl (C=O) groups is 2. The topological polar surface area (TPSA) is 84.2 Å². The number of aliphatic carboxylic acids is 1. The van der Waals surface area contributed by atoms with Gasteiger partial charge in [-0.25, -0.2) is 0 Å². The molecule has 1 amide bonds. The van der Waals surface area contributed by atoms with E-state index in [9.17, 15) is 22.8 Å². The standard InChI is InChI=1S/C29H27ClF3N3O3/c1-17(2)15-25(19-3-5-20(6-4-19)28(39)34-14-13-26(37)38)36-24-12-11-22(27(30)23(24)16-35-36)18-7-9-21(10-8-18)29(31,32)33/h3-12,16-17,25H,13-15H2,1-2H3,(H,34,39)(H,37,38). The molecule has 1 atom stereocenters. The number of carboxylic acid groups (broad SMARTS) is 1. The van der Waals surface area contributed by atoms with E-state index >= 15 is 0 Å². The van der Waals surface area contributed by atoms with Crippen LogP contribution in [0.25, 0.3) is 22.0 Å². The first-order chi connectivity index (χ1) is 18.5. The van der Waals surface area contributed by atoms with E-state index in [1.807, 2.05) is 22.9 Å². The molecule has 1 unspecified atom stereocenters. The van der Waals surface area contributed by atoms with Crippen molar-refractivity contribution in [2.75, 3.05) is 6.54 Å². The van der Waals surface area contributed by atoms with Gasteiger partial charge in [-0.1, -0.05) is 55.8 Å². The van der Waals surface area contributed by atoms with Crippen molar-refractivity contribution in [2.45, 2.75) is 38.9 Å². The number of carboxylic acids is 1. The van der Waals surface area contributed by atoms with Crippen molar-refractivity contribution < 1.29 is 27.9 Å². The van der Waals surface area contributed by atoms with Gasteiger partial charge in [-0.3, -0.25) is 14.3 Å². The summed E-state index contributed by atoms with van der Waals surface area (Å²) in [6.07, 6.45) is -2.17. The van der Waals surface area contributed by atoms with E-state index in [4.69, 9.17) is 16.7 Å². The zero-order valence-corrected chi connectivity index (χ0v) is 22.1. The molecule has 0 aliphatic carbocycles. The zero-order chi connectivity index (χ0) is 28.3. The highest BCUT2D eigenvalue weighted by Crippen LogP contribution is 2.38. The first kappa shape index (κ1) is 28.2. The van der Waals surface area contributed by atoms with Crippen molar-refractivity contribution in [2.24, 2.45) is 5.92 Å². The van der Waals surface area contributed by atoms with Gasteiger partial charge in [-0.05, 0) is 53.8 Å². The van der Waals surface area contributed by atoms with Crippen molar-refractivity contribution in [1.82, 2.24) is 15.1 Å². The van der Waals surface area contributed by atoms with Gasteiger partial charge in [-0.15, -0.1) is 0 Å². The third-order valence-corrected chi connectivity index (χ3v) is 6.82. The summed E-state index contributed by atoms with van der Waals surface area (Å²) < 4.78 is 40.8. The average Bonchev–Trinajstić information content (AvgIpc) is 3.31. The Bertz CT molecular complexity index is 1480. The predicted octanol–water partition coefficient (Wildman–Crippen LogP) is 7.22. The second kappa shape index (κ2) is 11.5. The maximum Gasteiger partial charge on any atom is 0.416 e. The molecule has 39 heavy (non-hydrogen) atoms. The van der Waals surface area contributed by atoms with Crippen molar-refractivity contribution in [1.29, 1.82) is 0 Å². The molecule has 4 rings (SSSR count). The molecule has 2 N–H and O–H groups in total. The lowest BCUT2D eigenvalue weighted by atomic mass is 9.95. The number of rotatable bonds is 9. The fourth-order valence-corrected chi connectivity index (χ4v) is 4.78. The Morgan fingerprint density at radius 1 is 1.03 bits per heavy atom. The molecule has 0 spiro atoms. The summed E-state index contributed by atoms with van der Waals surface area (Å²) in [4.78, 5) is 23.0. The van der Waals surface area contributed by atoms with Gasteiger partial charge in [0.15, 0.2) is 0 Å². The molecule has 6 nitrogen and oxygen atoms in total. The van der Waals surface area contributed by atoms with Crippen molar-refractivity contribution in [3.8, 4) is 11.1 Å². The Hall–Kier alpha value is -3.85. The van der Waals surface area contributed by atoms with Gasteiger partial charge in [0.1, 0.15) is 0 Å². The smallest absolute Gasteiger partial charge is 0.416 e. The summed E-state index contributed by atoms with van der Waals surface area (Å²) in [6, 6.07) is 15.4. The monoisotopic (exact) mass is 557 g/mol. The summed E-state index contributed by atoms with van der Waals surface area (Å²) in [6.45, 7) is 4.23. The van der Waals surface area contributed by atoms with Crippen LogP contribution in [0.4, 0.5) is 13.2 Å². The minimum Gasteiger partial charge on any atom is -0.481 e. The maximum absolute atomic E-state index is 13.0. The molecule has 0 fully saturated rings. The lowest BCUT2D eigenvalue weighted by molar-refractivity contribution is -0.138. The minimum absolute atomic E-state index is 0.0421. The minimum atomic E-state index is -4.42. The second-order valence-electron chi connectivity index (χ2n) is 9.69.